The summed E-state index contributed by atoms with van der Waals surface area (Å²) in [6, 6.07) is 6.84. The Balaban J connectivity index is 2.74. The third kappa shape index (κ3) is 3.26. The first kappa shape index (κ1) is 12.0. The van der Waals surface area contributed by atoms with E-state index in [0.717, 1.165) is 0 Å². The van der Waals surface area contributed by atoms with Crippen molar-refractivity contribution in [3.05, 3.63) is 34.9 Å². The second-order valence-corrected chi connectivity index (χ2v) is 4.74. The van der Waals surface area contributed by atoms with E-state index in [4.69, 9.17) is 23.2 Å². The predicted octanol–water partition coefficient (Wildman–Crippen LogP) is 3.92. The van der Waals surface area contributed by atoms with Crippen LogP contribution in [0.15, 0.2) is 24.3 Å². The number of Topliss-reactive ketones (excluding diaryl/α,β-unsaturated/α-hetero) is 1. The number of benzene rings is 1. The van der Waals surface area contributed by atoms with Gasteiger partial charge in [0.25, 0.3) is 0 Å². The van der Waals surface area contributed by atoms with Gasteiger partial charge in [0.1, 0.15) is 0 Å². The summed E-state index contributed by atoms with van der Waals surface area (Å²) in [4.78, 5) is 11.5. The van der Waals surface area contributed by atoms with Crippen molar-refractivity contribution in [1.82, 2.24) is 0 Å². The highest BCUT2D eigenvalue weighted by molar-refractivity contribution is 9.10. The zero-order valence-electron chi connectivity index (χ0n) is 7.34. The number of rotatable bonds is 4. The van der Waals surface area contributed by atoms with Gasteiger partial charge >= 0.3 is 0 Å². The summed E-state index contributed by atoms with van der Waals surface area (Å²) < 4.78 is 0. The lowest BCUT2D eigenvalue weighted by molar-refractivity contribution is 0.0990. The van der Waals surface area contributed by atoms with Crippen LogP contribution in [0.3, 0.4) is 0 Å². The summed E-state index contributed by atoms with van der Waals surface area (Å²) >= 11 is 14.6. The number of ketones is 1. The Bertz CT molecular complexity index is 310. The third-order valence-corrected chi connectivity index (χ3v) is 3.12. The van der Waals surface area contributed by atoms with Gasteiger partial charge in [0.2, 0.25) is 0 Å². The minimum absolute atomic E-state index is 0.0438. The van der Waals surface area contributed by atoms with E-state index >= 15 is 0 Å². The molecule has 0 aliphatic carbocycles. The average Bonchev–Trinajstić information content (AvgIpc) is 2.18. The van der Waals surface area contributed by atoms with Crippen molar-refractivity contribution in [3.8, 4) is 0 Å². The van der Waals surface area contributed by atoms with E-state index in [-0.39, 0.29) is 10.6 Å². The number of hydrogen-bond acceptors (Lipinski definition) is 1. The first-order valence-electron chi connectivity index (χ1n) is 4.15. The van der Waals surface area contributed by atoms with E-state index in [1.54, 1.807) is 24.3 Å². The van der Waals surface area contributed by atoms with E-state index in [9.17, 15) is 4.79 Å². The lowest BCUT2D eigenvalue weighted by Gasteiger charge is -2.06. The zero-order valence-corrected chi connectivity index (χ0v) is 10.4. The van der Waals surface area contributed by atoms with Gasteiger partial charge in [0.15, 0.2) is 5.78 Å². The molecular formula is C10H9BrCl2O. The monoisotopic (exact) mass is 294 g/mol. The Morgan fingerprint density at radius 1 is 1.36 bits per heavy atom. The highest BCUT2D eigenvalue weighted by Crippen LogP contribution is 2.16. The van der Waals surface area contributed by atoms with Gasteiger partial charge in [-0.25, -0.2) is 0 Å². The molecule has 0 amide bonds. The number of hydrogen-bond donors (Lipinski definition) is 0. The van der Waals surface area contributed by atoms with Crippen LogP contribution in [0.4, 0.5) is 0 Å². The van der Waals surface area contributed by atoms with Crippen LogP contribution in [-0.2, 0) is 0 Å². The lowest BCUT2D eigenvalue weighted by Crippen LogP contribution is -2.14. The van der Waals surface area contributed by atoms with Gasteiger partial charge in [0, 0.05) is 16.5 Å². The molecule has 0 aromatic heterocycles. The molecule has 0 saturated heterocycles. The quantitative estimate of drug-likeness (QED) is 0.608. The van der Waals surface area contributed by atoms with Crippen LogP contribution in [0.2, 0.25) is 5.02 Å². The highest BCUT2D eigenvalue weighted by Gasteiger charge is 2.15. The van der Waals surface area contributed by atoms with Crippen LogP contribution < -0.4 is 0 Å². The van der Waals surface area contributed by atoms with E-state index in [0.29, 0.717) is 22.9 Å². The van der Waals surface area contributed by atoms with Crippen molar-refractivity contribution in [3.63, 3.8) is 0 Å². The van der Waals surface area contributed by atoms with Gasteiger partial charge in [-0.2, -0.15) is 0 Å². The van der Waals surface area contributed by atoms with Crippen LogP contribution in [0.25, 0.3) is 0 Å². The number of halogens is 3. The molecule has 0 aliphatic rings. The van der Waals surface area contributed by atoms with Crippen molar-refractivity contribution in [2.75, 3.05) is 5.88 Å². The Morgan fingerprint density at radius 2 is 1.93 bits per heavy atom. The molecule has 1 aromatic carbocycles. The Kier molecular flexibility index (Phi) is 4.93. The van der Waals surface area contributed by atoms with E-state index in [2.05, 4.69) is 15.9 Å². The highest BCUT2D eigenvalue weighted by atomic mass is 79.9. The summed E-state index contributed by atoms with van der Waals surface area (Å²) in [7, 11) is 0. The van der Waals surface area contributed by atoms with Crippen LogP contribution in [0.1, 0.15) is 16.8 Å². The fourth-order valence-corrected chi connectivity index (χ4v) is 2.12. The molecule has 14 heavy (non-hydrogen) atoms. The third-order valence-electron chi connectivity index (χ3n) is 1.78. The molecule has 0 unspecified atom stereocenters. The summed E-state index contributed by atoms with van der Waals surface area (Å²) in [6.07, 6.45) is 0.628. The van der Waals surface area contributed by atoms with Crippen molar-refractivity contribution >= 4 is 44.9 Å². The predicted molar refractivity (Wildman–Crippen MR) is 63.8 cm³/mol. The molecule has 0 bridgehead atoms. The second kappa shape index (κ2) is 5.74. The summed E-state index contributed by atoms with van der Waals surface area (Å²) in [6.45, 7) is 0. The van der Waals surface area contributed by atoms with Gasteiger partial charge in [-0.1, -0.05) is 27.5 Å². The first-order valence-corrected chi connectivity index (χ1v) is 5.98. The fraction of sp³-hybridized carbons (Fsp3) is 0.300. The fourth-order valence-electron chi connectivity index (χ4n) is 1.02. The maximum atomic E-state index is 11.7. The molecule has 0 fully saturated rings. The Hall–Kier alpha value is -0.0500. The van der Waals surface area contributed by atoms with Crippen LogP contribution in [0.5, 0.6) is 0 Å². The van der Waals surface area contributed by atoms with Crippen molar-refractivity contribution in [2.45, 2.75) is 11.2 Å². The molecule has 0 heterocycles. The van der Waals surface area contributed by atoms with Gasteiger partial charge < -0.3 is 0 Å². The summed E-state index contributed by atoms with van der Waals surface area (Å²) in [5.74, 6) is 0.511. The maximum absolute atomic E-state index is 11.7. The maximum Gasteiger partial charge on any atom is 0.176 e. The molecule has 76 valence electrons. The lowest BCUT2D eigenvalue weighted by atomic mass is 10.1. The molecule has 0 radical (unpaired) electrons. The average molecular weight is 296 g/mol. The normalized spacial score (nSPS) is 12.5. The molecule has 0 N–H and O–H groups in total. The topological polar surface area (TPSA) is 17.1 Å². The van der Waals surface area contributed by atoms with Crippen LogP contribution >= 0.6 is 39.1 Å². The molecule has 1 atom stereocenters. The summed E-state index contributed by atoms with van der Waals surface area (Å²) in [5, 5.41) is 0.630. The smallest absolute Gasteiger partial charge is 0.176 e. The Labute approximate surface area is 102 Å². The van der Waals surface area contributed by atoms with Crippen LogP contribution in [-0.4, -0.2) is 16.5 Å². The van der Waals surface area contributed by atoms with Crippen molar-refractivity contribution in [1.29, 1.82) is 0 Å². The molecular weight excluding hydrogens is 287 g/mol. The first-order chi connectivity index (χ1) is 6.65. The minimum Gasteiger partial charge on any atom is -0.293 e. The zero-order chi connectivity index (χ0) is 10.6. The molecule has 1 nitrogen and oxygen atoms in total. The van der Waals surface area contributed by atoms with E-state index in [1.165, 1.54) is 0 Å². The van der Waals surface area contributed by atoms with Crippen molar-refractivity contribution in [2.24, 2.45) is 0 Å². The van der Waals surface area contributed by atoms with Gasteiger partial charge in [-0.3, -0.25) is 4.79 Å². The minimum atomic E-state index is -0.207. The molecule has 1 aromatic rings. The largest absolute Gasteiger partial charge is 0.293 e. The number of alkyl halides is 2. The van der Waals surface area contributed by atoms with E-state index in [1.807, 2.05) is 0 Å². The summed E-state index contributed by atoms with van der Waals surface area (Å²) in [5.41, 5.74) is 0.654. The van der Waals surface area contributed by atoms with Gasteiger partial charge in [0.05, 0.1) is 4.83 Å². The Morgan fingerprint density at radius 3 is 2.43 bits per heavy atom. The number of carbonyl (C=O) groups excluding carboxylic acids is 1. The van der Waals surface area contributed by atoms with Crippen molar-refractivity contribution < 1.29 is 4.79 Å². The molecule has 4 heteroatoms. The van der Waals surface area contributed by atoms with Crippen LogP contribution in [0, 0.1) is 0 Å². The number of carbonyl (C=O) groups is 1. The molecule has 0 saturated carbocycles. The van der Waals surface area contributed by atoms with Gasteiger partial charge in [-0.05, 0) is 30.7 Å². The van der Waals surface area contributed by atoms with Gasteiger partial charge in [-0.15, -0.1) is 11.6 Å². The SMILES string of the molecule is O=C(c1ccc(Cl)cc1)[C@@H](Br)CCCl. The molecule has 0 spiro atoms. The molecule has 0 aliphatic heterocycles. The standard InChI is InChI=1S/C10H9BrCl2O/c11-9(5-6-12)10(14)7-1-3-8(13)4-2-7/h1-4,9H,5-6H2/t9-/m0/s1. The van der Waals surface area contributed by atoms with E-state index < -0.39 is 0 Å². The second-order valence-electron chi connectivity index (χ2n) is 2.82. The molecule has 1 rings (SSSR count).